The fourth-order valence-corrected chi connectivity index (χ4v) is 4.02. The van der Waals surface area contributed by atoms with Crippen LogP contribution in [0.4, 0.5) is 5.69 Å². The van der Waals surface area contributed by atoms with E-state index < -0.39 is 0 Å². The van der Waals surface area contributed by atoms with E-state index in [9.17, 15) is 4.79 Å². The lowest BCUT2D eigenvalue weighted by Crippen LogP contribution is -2.52. The number of amides is 1. The number of benzene rings is 1. The van der Waals surface area contributed by atoms with Crippen LogP contribution >= 0.6 is 24.0 Å². The summed E-state index contributed by atoms with van der Waals surface area (Å²) in [5.74, 6) is 1.59. The molecule has 1 unspecified atom stereocenters. The van der Waals surface area contributed by atoms with Gasteiger partial charge in [-0.3, -0.25) is 14.7 Å². The highest BCUT2D eigenvalue weighted by atomic mass is 127. The number of morpholine rings is 1. The topological polar surface area (TPSA) is 69.2 Å². The van der Waals surface area contributed by atoms with Crippen LogP contribution in [0.2, 0.25) is 0 Å². The average Bonchev–Trinajstić information content (AvgIpc) is 3.17. The number of aliphatic imine (C=N–C) groups is 1. The Morgan fingerprint density at radius 3 is 2.40 bits per heavy atom. The zero-order valence-electron chi connectivity index (χ0n) is 18.4. The molecule has 2 fully saturated rings. The van der Waals surface area contributed by atoms with E-state index in [0.29, 0.717) is 24.9 Å². The molecule has 1 aromatic rings. The molecule has 30 heavy (non-hydrogen) atoms. The molecule has 3 rings (SSSR count). The second-order valence-corrected chi connectivity index (χ2v) is 8.08. The largest absolute Gasteiger partial charge is 0.379 e. The first-order valence-electron chi connectivity index (χ1n) is 10.7. The number of carbonyl (C=O) groups is 1. The van der Waals surface area contributed by atoms with E-state index in [1.165, 1.54) is 0 Å². The Bertz CT molecular complexity index is 689. The van der Waals surface area contributed by atoms with Crippen LogP contribution in [0.5, 0.6) is 0 Å². The first-order valence-corrected chi connectivity index (χ1v) is 10.7. The molecule has 2 saturated heterocycles. The molecular formula is C22H36IN5O2. The standard InChI is InChI=1S/C22H35N5O2.HI/c1-17(2)20(26-11-13-29-14-12-26)16-25-22(23-3)24-15-18-6-8-19(9-7-18)27-10-4-5-21(27)28;/h6-9,17,20H,4-5,10-16H2,1-3H3,(H2,23,24,25);1H. The number of hydrogen-bond donors (Lipinski definition) is 2. The quantitative estimate of drug-likeness (QED) is 0.323. The van der Waals surface area contributed by atoms with E-state index in [1.807, 2.05) is 17.0 Å². The third-order valence-electron chi connectivity index (χ3n) is 5.77. The van der Waals surface area contributed by atoms with Gasteiger partial charge in [0, 0.05) is 57.9 Å². The summed E-state index contributed by atoms with van der Waals surface area (Å²) >= 11 is 0. The highest BCUT2D eigenvalue weighted by molar-refractivity contribution is 14.0. The van der Waals surface area contributed by atoms with Gasteiger partial charge >= 0.3 is 0 Å². The van der Waals surface area contributed by atoms with E-state index in [2.05, 4.69) is 46.5 Å². The van der Waals surface area contributed by atoms with Gasteiger partial charge in [0.2, 0.25) is 5.91 Å². The highest BCUT2D eigenvalue weighted by Crippen LogP contribution is 2.21. The highest BCUT2D eigenvalue weighted by Gasteiger charge is 2.24. The minimum Gasteiger partial charge on any atom is -0.379 e. The second-order valence-electron chi connectivity index (χ2n) is 8.08. The Hall–Kier alpha value is -1.39. The molecule has 0 aliphatic carbocycles. The lowest BCUT2D eigenvalue weighted by atomic mass is 10.0. The van der Waals surface area contributed by atoms with Crippen LogP contribution in [0.1, 0.15) is 32.3 Å². The summed E-state index contributed by atoms with van der Waals surface area (Å²) in [6.45, 7) is 10.5. The van der Waals surface area contributed by atoms with Gasteiger partial charge in [-0.15, -0.1) is 24.0 Å². The third kappa shape index (κ3) is 6.81. The zero-order chi connectivity index (χ0) is 20.6. The fourth-order valence-electron chi connectivity index (χ4n) is 4.02. The monoisotopic (exact) mass is 529 g/mol. The molecule has 2 aliphatic rings. The van der Waals surface area contributed by atoms with Gasteiger partial charge in [0.05, 0.1) is 13.2 Å². The van der Waals surface area contributed by atoms with Gasteiger partial charge in [-0.25, -0.2) is 0 Å². The van der Waals surface area contributed by atoms with Crippen LogP contribution in [-0.4, -0.2) is 69.2 Å². The molecule has 1 atom stereocenters. The summed E-state index contributed by atoms with van der Waals surface area (Å²) < 4.78 is 5.49. The van der Waals surface area contributed by atoms with Crippen LogP contribution in [0, 0.1) is 5.92 Å². The molecular weight excluding hydrogens is 493 g/mol. The molecule has 1 aromatic carbocycles. The summed E-state index contributed by atoms with van der Waals surface area (Å²) in [6.07, 6.45) is 1.61. The maximum atomic E-state index is 11.9. The van der Waals surface area contributed by atoms with E-state index in [0.717, 1.165) is 63.0 Å². The number of ether oxygens (including phenoxy) is 1. The van der Waals surface area contributed by atoms with E-state index >= 15 is 0 Å². The van der Waals surface area contributed by atoms with Crippen molar-refractivity contribution in [1.82, 2.24) is 15.5 Å². The first-order chi connectivity index (χ1) is 14.1. The van der Waals surface area contributed by atoms with Crippen molar-refractivity contribution in [3.8, 4) is 0 Å². The fraction of sp³-hybridized carbons (Fsp3) is 0.636. The smallest absolute Gasteiger partial charge is 0.227 e. The average molecular weight is 529 g/mol. The Labute approximate surface area is 197 Å². The Morgan fingerprint density at radius 2 is 1.83 bits per heavy atom. The van der Waals surface area contributed by atoms with Gasteiger partial charge in [-0.1, -0.05) is 26.0 Å². The van der Waals surface area contributed by atoms with Crippen molar-refractivity contribution in [2.75, 3.05) is 51.3 Å². The first kappa shape index (κ1) is 24.9. The molecule has 0 bridgehead atoms. The zero-order valence-corrected chi connectivity index (χ0v) is 20.7. The van der Waals surface area contributed by atoms with Gasteiger partial charge in [-0.2, -0.15) is 0 Å². The van der Waals surface area contributed by atoms with Crippen molar-refractivity contribution in [1.29, 1.82) is 0 Å². The van der Waals surface area contributed by atoms with Crippen molar-refractivity contribution in [2.24, 2.45) is 10.9 Å². The Kier molecular flexibility index (Phi) is 10.3. The van der Waals surface area contributed by atoms with Crippen molar-refractivity contribution in [3.05, 3.63) is 29.8 Å². The maximum absolute atomic E-state index is 11.9. The molecule has 0 saturated carbocycles. The van der Waals surface area contributed by atoms with Crippen LogP contribution in [-0.2, 0) is 16.1 Å². The maximum Gasteiger partial charge on any atom is 0.227 e. The van der Waals surface area contributed by atoms with Crippen LogP contribution in [0.25, 0.3) is 0 Å². The molecule has 0 radical (unpaired) electrons. The van der Waals surface area contributed by atoms with Gasteiger partial charge in [0.25, 0.3) is 0 Å². The second kappa shape index (κ2) is 12.5. The van der Waals surface area contributed by atoms with Gasteiger partial charge in [-0.05, 0) is 30.0 Å². The summed E-state index contributed by atoms with van der Waals surface area (Å²) in [6, 6.07) is 8.67. The number of nitrogens with zero attached hydrogens (tertiary/aromatic N) is 3. The molecule has 0 aromatic heterocycles. The molecule has 0 spiro atoms. The minimum absolute atomic E-state index is 0. The molecule has 1 amide bonds. The Morgan fingerprint density at radius 1 is 1.13 bits per heavy atom. The minimum atomic E-state index is 0. The number of anilines is 1. The van der Waals surface area contributed by atoms with Crippen molar-refractivity contribution < 1.29 is 9.53 Å². The molecule has 2 heterocycles. The van der Waals surface area contributed by atoms with Crippen LogP contribution in [0.15, 0.2) is 29.3 Å². The number of guanidine groups is 1. The lowest BCUT2D eigenvalue weighted by Gasteiger charge is -2.37. The van der Waals surface area contributed by atoms with Crippen LogP contribution < -0.4 is 15.5 Å². The van der Waals surface area contributed by atoms with E-state index in [1.54, 1.807) is 7.05 Å². The number of hydrogen-bond acceptors (Lipinski definition) is 4. The number of carbonyl (C=O) groups excluding carboxylic acids is 1. The van der Waals surface area contributed by atoms with Gasteiger partial charge in [0.15, 0.2) is 5.96 Å². The van der Waals surface area contributed by atoms with E-state index in [4.69, 9.17) is 4.74 Å². The SMILES string of the molecule is CN=C(NCc1ccc(N2CCCC2=O)cc1)NCC(C(C)C)N1CCOCC1.I. The number of rotatable bonds is 7. The van der Waals surface area contributed by atoms with Crippen molar-refractivity contribution >= 4 is 41.5 Å². The third-order valence-corrected chi connectivity index (χ3v) is 5.77. The summed E-state index contributed by atoms with van der Waals surface area (Å²) in [4.78, 5) is 20.6. The molecule has 2 N–H and O–H groups in total. The van der Waals surface area contributed by atoms with Crippen molar-refractivity contribution in [3.63, 3.8) is 0 Å². The molecule has 168 valence electrons. The number of nitrogens with one attached hydrogen (secondary N) is 2. The Balaban J connectivity index is 0.00000320. The number of halogens is 1. The predicted octanol–water partition coefficient (Wildman–Crippen LogP) is 2.45. The van der Waals surface area contributed by atoms with Crippen molar-refractivity contribution in [2.45, 2.75) is 39.3 Å². The van der Waals surface area contributed by atoms with Gasteiger partial charge < -0.3 is 20.3 Å². The normalized spacial score (nSPS) is 19.0. The molecule has 7 nitrogen and oxygen atoms in total. The molecule has 2 aliphatic heterocycles. The molecule has 8 heteroatoms. The van der Waals surface area contributed by atoms with Crippen LogP contribution in [0.3, 0.4) is 0 Å². The lowest BCUT2D eigenvalue weighted by molar-refractivity contribution is -0.117. The summed E-state index contributed by atoms with van der Waals surface area (Å²) in [5.41, 5.74) is 2.15. The predicted molar refractivity (Wildman–Crippen MR) is 133 cm³/mol. The summed E-state index contributed by atoms with van der Waals surface area (Å²) in [5, 5.41) is 6.88. The summed E-state index contributed by atoms with van der Waals surface area (Å²) in [7, 11) is 1.80. The van der Waals surface area contributed by atoms with E-state index in [-0.39, 0.29) is 29.9 Å². The van der Waals surface area contributed by atoms with Gasteiger partial charge in [0.1, 0.15) is 0 Å².